The van der Waals surface area contributed by atoms with E-state index in [1.807, 2.05) is 48.5 Å². The molecule has 0 aliphatic heterocycles. The van der Waals surface area contributed by atoms with Gasteiger partial charge in [-0.3, -0.25) is 9.79 Å². The van der Waals surface area contributed by atoms with Gasteiger partial charge in [0.15, 0.2) is 12.6 Å². The van der Waals surface area contributed by atoms with Gasteiger partial charge in [0.1, 0.15) is 11.9 Å². The van der Waals surface area contributed by atoms with E-state index in [0.29, 0.717) is 24.8 Å². The van der Waals surface area contributed by atoms with Crippen molar-refractivity contribution in [2.24, 2.45) is 10.7 Å². The number of thiophene rings is 1. The second kappa shape index (κ2) is 11.7. The molecule has 1 unspecified atom stereocenters. The van der Waals surface area contributed by atoms with Crippen LogP contribution >= 0.6 is 35.3 Å². The second-order valence-corrected chi connectivity index (χ2v) is 7.53. The van der Waals surface area contributed by atoms with Gasteiger partial charge >= 0.3 is 0 Å². The Hall–Kier alpha value is -2.37. The second-order valence-electron chi connectivity index (χ2n) is 6.41. The van der Waals surface area contributed by atoms with E-state index in [2.05, 4.69) is 15.6 Å². The van der Waals surface area contributed by atoms with Gasteiger partial charge in [-0.05, 0) is 35.2 Å². The van der Waals surface area contributed by atoms with Gasteiger partial charge in [-0.15, -0.1) is 35.3 Å². The third kappa shape index (κ3) is 6.85. The van der Waals surface area contributed by atoms with Crippen molar-refractivity contribution in [1.82, 2.24) is 10.6 Å². The standard InChI is InChI=1S/C21H24N4O3S.HI/c1-23-21(24-11-14-5-4-7-16(9-14)28-13-20(22)27)25-12-17(26)19-10-15-6-2-3-8-18(15)29-19;/h2-10,17,26H,11-13H2,1H3,(H2,22,27)(H2,23,24,25);1H. The van der Waals surface area contributed by atoms with Crippen molar-refractivity contribution in [3.63, 3.8) is 0 Å². The molecule has 5 N–H and O–H groups in total. The van der Waals surface area contributed by atoms with Gasteiger partial charge in [-0.25, -0.2) is 0 Å². The lowest BCUT2D eigenvalue weighted by Crippen LogP contribution is -2.38. The molecule has 0 bridgehead atoms. The Balaban J connectivity index is 0.00000320. The van der Waals surface area contributed by atoms with E-state index >= 15 is 0 Å². The van der Waals surface area contributed by atoms with Crippen molar-refractivity contribution in [3.8, 4) is 5.75 Å². The first-order valence-corrected chi connectivity index (χ1v) is 9.98. The van der Waals surface area contributed by atoms with Crippen molar-refractivity contribution in [2.75, 3.05) is 20.2 Å². The van der Waals surface area contributed by atoms with Crippen molar-refractivity contribution in [1.29, 1.82) is 0 Å². The van der Waals surface area contributed by atoms with E-state index in [1.54, 1.807) is 24.5 Å². The molecule has 160 valence electrons. The van der Waals surface area contributed by atoms with Crippen LogP contribution in [0.1, 0.15) is 16.5 Å². The number of rotatable bonds is 8. The summed E-state index contributed by atoms with van der Waals surface area (Å²) in [5.74, 6) is 0.634. The van der Waals surface area contributed by atoms with E-state index in [0.717, 1.165) is 20.5 Å². The van der Waals surface area contributed by atoms with Crippen LogP contribution in [0.15, 0.2) is 59.6 Å². The third-order valence-electron chi connectivity index (χ3n) is 4.20. The zero-order chi connectivity index (χ0) is 20.6. The summed E-state index contributed by atoms with van der Waals surface area (Å²) in [6.07, 6.45) is -0.628. The van der Waals surface area contributed by atoms with Crippen LogP contribution in [0.5, 0.6) is 5.75 Å². The van der Waals surface area contributed by atoms with Crippen molar-refractivity contribution in [3.05, 3.63) is 65.0 Å². The molecule has 1 amide bonds. The lowest BCUT2D eigenvalue weighted by Gasteiger charge is -2.15. The molecule has 0 spiro atoms. The predicted octanol–water partition coefficient (Wildman–Crippen LogP) is 2.78. The molecule has 1 atom stereocenters. The van der Waals surface area contributed by atoms with Crippen LogP contribution in [-0.4, -0.2) is 37.2 Å². The minimum Gasteiger partial charge on any atom is -0.484 e. The largest absolute Gasteiger partial charge is 0.484 e. The number of hydrogen-bond acceptors (Lipinski definition) is 5. The van der Waals surface area contributed by atoms with Crippen LogP contribution in [0.25, 0.3) is 10.1 Å². The maximum atomic E-state index is 10.8. The summed E-state index contributed by atoms with van der Waals surface area (Å²) in [4.78, 5) is 15.9. The van der Waals surface area contributed by atoms with Gasteiger partial charge in [0.05, 0.1) is 0 Å². The van der Waals surface area contributed by atoms with E-state index in [9.17, 15) is 9.90 Å². The average molecular weight is 540 g/mol. The van der Waals surface area contributed by atoms with Gasteiger partial charge < -0.3 is 26.2 Å². The van der Waals surface area contributed by atoms with E-state index in [1.165, 1.54) is 0 Å². The molecule has 0 aliphatic rings. The normalized spacial score (nSPS) is 12.1. The predicted molar refractivity (Wildman–Crippen MR) is 132 cm³/mol. The van der Waals surface area contributed by atoms with Gasteiger partial charge in [-0.1, -0.05) is 30.3 Å². The maximum Gasteiger partial charge on any atom is 0.255 e. The Kier molecular flexibility index (Phi) is 9.34. The SMILES string of the molecule is CN=C(NCc1cccc(OCC(N)=O)c1)NCC(O)c1cc2ccccc2s1.I. The van der Waals surface area contributed by atoms with Crippen molar-refractivity contribution >= 4 is 57.3 Å². The number of carbonyl (C=O) groups is 1. The molecule has 1 heterocycles. The Labute approximate surface area is 196 Å². The number of aliphatic hydroxyl groups excluding tert-OH is 1. The summed E-state index contributed by atoms with van der Waals surface area (Å²) in [5, 5.41) is 18.0. The molecular formula is C21H25IN4O3S. The molecule has 3 aromatic rings. The molecule has 0 saturated carbocycles. The summed E-state index contributed by atoms with van der Waals surface area (Å²) in [5.41, 5.74) is 6.05. The Morgan fingerprint density at radius 2 is 2.00 bits per heavy atom. The Morgan fingerprint density at radius 1 is 1.20 bits per heavy atom. The smallest absolute Gasteiger partial charge is 0.255 e. The summed E-state index contributed by atoms with van der Waals surface area (Å²) in [7, 11) is 1.67. The molecule has 0 fully saturated rings. The van der Waals surface area contributed by atoms with Crippen LogP contribution < -0.4 is 21.1 Å². The van der Waals surface area contributed by atoms with Crippen LogP contribution in [0.3, 0.4) is 0 Å². The summed E-state index contributed by atoms with van der Waals surface area (Å²) < 4.78 is 6.47. The fourth-order valence-electron chi connectivity index (χ4n) is 2.77. The first kappa shape index (κ1) is 23.9. The fourth-order valence-corrected chi connectivity index (χ4v) is 3.82. The monoisotopic (exact) mass is 540 g/mol. The van der Waals surface area contributed by atoms with Crippen molar-refractivity contribution < 1.29 is 14.6 Å². The molecule has 30 heavy (non-hydrogen) atoms. The third-order valence-corrected chi connectivity index (χ3v) is 5.42. The topological polar surface area (TPSA) is 109 Å². The highest BCUT2D eigenvalue weighted by Gasteiger charge is 2.12. The minimum atomic E-state index is -0.628. The number of aliphatic hydroxyl groups is 1. The lowest BCUT2D eigenvalue weighted by molar-refractivity contribution is -0.119. The van der Waals surface area contributed by atoms with Crippen LogP contribution in [-0.2, 0) is 11.3 Å². The number of carbonyl (C=O) groups excluding carboxylic acids is 1. The minimum absolute atomic E-state index is 0. The number of amides is 1. The number of ether oxygens (including phenoxy) is 1. The molecule has 0 saturated heterocycles. The number of halogens is 1. The number of aliphatic imine (C=N–C) groups is 1. The molecular weight excluding hydrogens is 515 g/mol. The quantitative estimate of drug-likeness (QED) is 0.200. The molecule has 7 nitrogen and oxygen atoms in total. The molecule has 3 rings (SSSR count). The van der Waals surface area contributed by atoms with Crippen LogP contribution in [0.2, 0.25) is 0 Å². The van der Waals surface area contributed by atoms with E-state index in [4.69, 9.17) is 10.5 Å². The van der Waals surface area contributed by atoms with E-state index in [-0.39, 0.29) is 30.6 Å². The highest BCUT2D eigenvalue weighted by molar-refractivity contribution is 14.0. The lowest BCUT2D eigenvalue weighted by atomic mass is 10.2. The first-order chi connectivity index (χ1) is 14.0. The molecule has 1 aromatic heterocycles. The number of nitrogens with two attached hydrogens (primary N) is 1. The average Bonchev–Trinajstić information content (AvgIpc) is 3.17. The maximum absolute atomic E-state index is 10.8. The molecule has 2 aromatic carbocycles. The number of nitrogens with one attached hydrogen (secondary N) is 2. The highest BCUT2D eigenvalue weighted by Crippen LogP contribution is 2.29. The van der Waals surface area contributed by atoms with Gasteiger partial charge in [0.2, 0.25) is 0 Å². The number of fused-ring (bicyclic) bond motifs is 1. The summed E-state index contributed by atoms with van der Waals surface area (Å²) in [6, 6.07) is 17.5. The zero-order valence-corrected chi connectivity index (χ0v) is 19.6. The number of primary amides is 1. The molecule has 9 heteroatoms. The number of nitrogens with zero attached hydrogens (tertiary/aromatic N) is 1. The van der Waals surface area contributed by atoms with Crippen LogP contribution in [0, 0.1) is 0 Å². The van der Waals surface area contributed by atoms with Crippen LogP contribution in [0.4, 0.5) is 0 Å². The Bertz CT molecular complexity index is 976. The summed E-state index contributed by atoms with van der Waals surface area (Å²) in [6.45, 7) is 0.691. The molecule has 0 aliphatic carbocycles. The number of hydrogen-bond donors (Lipinski definition) is 4. The highest BCUT2D eigenvalue weighted by atomic mass is 127. The van der Waals surface area contributed by atoms with Gasteiger partial charge in [0, 0.05) is 29.7 Å². The van der Waals surface area contributed by atoms with Crippen molar-refractivity contribution in [2.45, 2.75) is 12.6 Å². The summed E-state index contributed by atoms with van der Waals surface area (Å²) >= 11 is 1.59. The van der Waals surface area contributed by atoms with Gasteiger partial charge in [-0.2, -0.15) is 0 Å². The molecule has 0 radical (unpaired) electrons. The van der Waals surface area contributed by atoms with Gasteiger partial charge in [0.25, 0.3) is 5.91 Å². The number of guanidine groups is 1. The Morgan fingerprint density at radius 3 is 2.73 bits per heavy atom. The number of benzene rings is 2. The first-order valence-electron chi connectivity index (χ1n) is 9.16. The zero-order valence-electron chi connectivity index (χ0n) is 16.5. The fraction of sp³-hybridized carbons (Fsp3) is 0.238. The van der Waals surface area contributed by atoms with E-state index < -0.39 is 12.0 Å².